The molecule has 2 rings (SSSR count). The molecule has 1 heterocycles. The van der Waals surface area contributed by atoms with Crippen LogP contribution in [0.4, 0.5) is 5.69 Å². The van der Waals surface area contributed by atoms with Gasteiger partial charge in [0.2, 0.25) is 0 Å². The number of para-hydroxylation sites is 1. The van der Waals surface area contributed by atoms with Gasteiger partial charge in [-0.1, -0.05) is 18.2 Å². The van der Waals surface area contributed by atoms with Crippen molar-refractivity contribution in [2.45, 2.75) is 0 Å². The number of hydrogen-bond donors (Lipinski definition) is 2. The Morgan fingerprint density at radius 2 is 2.06 bits per heavy atom. The van der Waals surface area contributed by atoms with Gasteiger partial charge in [-0.15, -0.1) is 11.3 Å². The van der Waals surface area contributed by atoms with E-state index in [1.54, 1.807) is 12.5 Å². The van der Waals surface area contributed by atoms with Gasteiger partial charge in [-0.3, -0.25) is 0 Å². The molecule has 0 saturated carbocycles. The van der Waals surface area contributed by atoms with E-state index in [1.807, 2.05) is 24.3 Å². The summed E-state index contributed by atoms with van der Waals surface area (Å²) in [6.45, 7) is 0. The number of rotatable bonds is 3. The number of anilines is 1. The maximum Gasteiger partial charge on any atom is 0.348 e. The van der Waals surface area contributed by atoms with E-state index in [1.165, 1.54) is 0 Å². The second-order valence-corrected chi connectivity index (χ2v) is 4.28. The first-order valence-corrected chi connectivity index (χ1v) is 5.76. The quantitative estimate of drug-likeness (QED) is 0.877. The number of ether oxygens (including phenoxy) is 1. The summed E-state index contributed by atoms with van der Waals surface area (Å²) in [6, 6.07) is 7.37. The summed E-state index contributed by atoms with van der Waals surface area (Å²) >= 11 is 1.12. The molecule has 0 amide bonds. The fourth-order valence-electron chi connectivity index (χ4n) is 1.61. The average molecular weight is 249 g/mol. The number of carboxylic acid groups (broad SMARTS) is 1. The lowest BCUT2D eigenvalue weighted by Gasteiger charge is -2.07. The van der Waals surface area contributed by atoms with Gasteiger partial charge in [-0.05, 0) is 6.07 Å². The van der Waals surface area contributed by atoms with Gasteiger partial charge in [0.25, 0.3) is 0 Å². The minimum atomic E-state index is -1.01. The number of benzene rings is 1. The fourth-order valence-corrected chi connectivity index (χ4v) is 2.44. The van der Waals surface area contributed by atoms with Crippen LogP contribution in [-0.4, -0.2) is 18.2 Å². The molecule has 0 unspecified atom stereocenters. The number of thiophene rings is 1. The summed E-state index contributed by atoms with van der Waals surface area (Å²) in [6.07, 6.45) is 0. The van der Waals surface area contributed by atoms with Gasteiger partial charge in [0, 0.05) is 16.5 Å². The summed E-state index contributed by atoms with van der Waals surface area (Å²) < 4.78 is 5.23. The molecule has 0 spiro atoms. The maximum absolute atomic E-state index is 10.9. The Kier molecular flexibility index (Phi) is 3.01. The number of hydrogen-bond acceptors (Lipinski definition) is 4. The standard InChI is InChI=1S/C12H11NO3S/c1-16-9-5-3-2-4-7(9)8-6-17-11(10(8)13)12(14)15/h2-6H,13H2,1H3,(H,14,15). The topological polar surface area (TPSA) is 72.5 Å². The molecule has 88 valence electrons. The Balaban J connectivity index is 2.57. The van der Waals surface area contributed by atoms with Crippen molar-refractivity contribution in [1.82, 2.24) is 0 Å². The third kappa shape index (κ3) is 1.97. The smallest absolute Gasteiger partial charge is 0.348 e. The summed E-state index contributed by atoms with van der Waals surface area (Å²) in [5, 5.41) is 10.7. The van der Waals surface area contributed by atoms with Gasteiger partial charge in [0.1, 0.15) is 10.6 Å². The first kappa shape index (κ1) is 11.5. The summed E-state index contributed by atoms with van der Waals surface area (Å²) in [5.41, 5.74) is 7.62. The zero-order chi connectivity index (χ0) is 12.4. The Hall–Kier alpha value is -2.01. The highest BCUT2D eigenvalue weighted by Gasteiger charge is 2.17. The van der Waals surface area contributed by atoms with Crippen LogP contribution in [0.25, 0.3) is 11.1 Å². The number of aromatic carboxylic acids is 1. The highest BCUT2D eigenvalue weighted by molar-refractivity contribution is 7.13. The van der Waals surface area contributed by atoms with Crippen LogP contribution in [0.3, 0.4) is 0 Å². The summed E-state index contributed by atoms with van der Waals surface area (Å²) in [7, 11) is 1.57. The van der Waals surface area contributed by atoms with Crippen LogP contribution < -0.4 is 10.5 Å². The summed E-state index contributed by atoms with van der Waals surface area (Å²) in [4.78, 5) is 11.1. The zero-order valence-electron chi connectivity index (χ0n) is 9.14. The molecule has 17 heavy (non-hydrogen) atoms. The van der Waals surface area contributed by atoms with Crippen molar-refractivity contribution >= 4 is 23.0 Å². The van der Waals surface area contributed by atoms with Crippen molar-refractivity contribution in [2.24, 2.45) is 0 Å². The van der Waals surface area contributed by atoms with Gasteiger partial charge in [-0.25, -0.2) is 4.79 Å². The molecule has 0 atom stereocenters. The van der Waals surface area contributed by atoms with Crippen molar-refractivity contribution in [2.75, 3.05) is 12.8 Å². The molecule has 0 aliphatic rings. The first-order chi connectivity index (χ1) is 8.15. The van der Waals surface area contributed by atoms with Crippen LogP contribution >= 0.6 is 11.3 Å². The van der Waals surface area contributed by atoms with E-state index in [2.05, 4.69) is 0 Å². The molecule has 0 aliphatic heterocycles. The van der Waals surface area contributed by atoms with Crippen molar-refractivity contribution in [1.29, 1.82) is 0 Å². The van der Waals surface area contributed by atoms with E-state index in [-0.39, 0.29) is 10.6 Å². The molecule has 5 heteroatoms. The van der Waals surface area contributed by atoms with Crippen molar-refractivity contribution < 1.29 is 14.6 Å². The Labute approximate surface area is 102 Å². The number of nitrogen functional groups attached to an aromatic ring is 1. The van der Waals surface area contributed by atoms with E-state index in [0.29, 0.717) is 11.3 Å². The molecule has 1 aromatic heterocycles. The number of nitrogens with two attached hydrogens (primary N) is 1. The Bertz CT molecular complexity index is 563. The predicted octanol–water partition coefficient (Wildman–Crippen LogP) is 2.70. The van der Waals surface area contributed by atoms with E-state index in [9.17, 15) is 4.79 Å². The van der Waals surface area contributed by atoms with E-state index in [4.69, 9.17) is 15.6 Å². The summed E-state index contributed by atoms with van der Waals surface area (Å²) in [5.74, 6) is -0.331. The molecular weight excluding hydrogens is 238 g/mol. The Morgan fingerprint density at radius 1 is 1.35 bits per heavy atom. The fraction of sp³-hybridized carbons (Fsp3) is 0.0833. The van der Waals surface area contributed by atoms with Crippen molar-refractivity contribution in [3.63, 3.8) is 0 Å². The van der Waals surface area contributed by atoms with Gasteiger partial charge in [0.15, 0.2) is 0 Å². The molecular formula is C12H11NO3S. The second kappa shape index (κ2) is 4.47. The lowest BCUT2D eigenvalue weighted by molar-refractivity contribution is 0.0703. The van der Waals surface area contributed by atoms with E-state index >= 15 is 0 Å². The van der Waals surface area contributed by atoms with Crippen LogP contribution in [0, 0.1) is 0 Å². The van der Waals surface area contributed by atoms with Crippen LogP contribution in [0.1, 0.15) is 9.67 Å². The zero-order valence-corrected chi connectivity index (χ0v) is 9.95. The highest BCUT2D eigenvalue weighted by Crippen LogP contribution is 2.38. The maximum atomic E-state index is 10.9. The molecule has 0 aliphatic carbocycles. The second-order valence-electron chi connectivity index (χ2n) is 3.40. The Morgan fingerprint density at radius 3 is 2.65 bits per heavy atom. The van der Waals surface area contributed by atoms with Gasteiger partial charge in [-0.2, -0.15) is 0 Å². The van der Waals surface area contributed by atoms with E-state index in [0.717, 1.165) is 16.9 Å². The number of carbonyl (C=O) groups is 1. The predicted molar refractivity (Wildman–Crippen MR) is 67.7 cm³/mol. The molecule has 0 radical (unpaired) electrons. The van der Waals surface area contributed by atoms with Crippen LogP contribution in [0.5, 0.6) is 5.75 Å². The van der Waals surface area contributed by atoms with Gasteiger partial charge in [0.05, 0.1) is 12.8 Å². The molecule has 0 fully saturated rings. The lowest BCUT2D eigenvalue weighted by Crippen LogP contribution is -1.98. The molecule has 2 aromatic rings. The minimum absolute atomic E-state index is 0.158. The molecule has 0 bridgehead atoms. The largest absolute Gasteiger partial charge is 0.496 e. The van der Waals surface area contributed by atoms with Gasteiger partial charge < -0.3 is 15.6 Å². The molecule has 3 N–H and O–H groups in total. The van der Waals surface area contributed by atoms with Crippen LogP contribution in [-0.2, 0) is 0 Å². The van der Waals surface area contributed by atoms with Gasteiger partial charge >= 0.3 is 5.97 Å². The molecule has 0 saturated heterocycles. The highest BCUT2D eigenvalue weighted by atomic mass is 32.1. The number of methoxy groups -OCH3 is 1. The average Bonchev–Trinajstić information content (AvgIpc) is 2.71. The van der Waals surface area contributed by atoms with E-state index < -0.39 is 5.97 Å². The third-order valence-electron chi connectivity index (χ3n) is 2.42. The van der Waals surface area contributed by atoms with Crippen LogP contribution in [0.2, 0.25) is 0 Å². The SMILES string of the molecule is COc1ccccc1-c1csc(C(=O)O)c1N. The minimum Gasteiger partial charge on any atom is -0.496 e. The first-order valence-electron chi connectivity index (χ1n) is 4.88. The monoisotopic (exact) mass is 249 g/mol. The third-order valence-corrected chi connectivity index (χ3v) is 3.40. The van der Waals surface area contributed by atoms with Crippen molar-refractivity contribution in [3.8, 4) is 16.9 Å². The lowest BCUT2D eigenvalue weighted by atomic mass is 10.1. The molecule has 4 nitrogen and oxygen atoms in total. The van der Waals surface area contributed by atoms with Crippen LogP contribution in [0.15, 0.2) is 29.6 Å². The normalized spacial score (nSPS) is 10.2. The van der Waals surface area contributed by atoms with Crippen molar-refractivity contribution in [3.05, 3.63) is 34.5 Å². The number of carboxylic acids is 1. The molecule has 1 aromatic carbocycles.